The smallest absolute Gasteiger partial charge is 0.213 e. The maximum Gasteiger partial charge on any atom is 0.213 e. The normalized spacial score (nSPS) is 21.8. The molecule has 0 radical (unpaired) electrons. The standard InChI is InChI=1S/C21H25N5O/c1-14-24-19-5-3-2-4-18(19)21(25-14)26-16-7-9-17(10-8-16)27-20-11-6-15(12-22)13-23-20/h6,11,13,16-17H,2-5,7-10H2,1H3,(H,24,25,26). The molecule has 2 aromatic rings. The second-order valence-corrected chi connectivity index (χ2v) is 7.48. The lowest BCUT2D eigenvalue weighted by molar-refractivity contribution is 0.144. The molecule has 0 amide bonds. The van der Waals surface area contributed by atoms with E-state index in [9.17, 15) is 0 Å². The number of pyridine rings is 1. The second kappa shape index (κ2) is 7.91. The van der Waals surface area contributed by atoms with Crippen LogP contribution in [0.1, 0.15) is 61.2 Å². The average Bonchev–Trinajstić information content (AvgIpc) is 2.70. The fourth-order valence-electron chi connectivity index (χ4n) is 4.04. The van der Waals surface area contributed by atoms with Gasteiger partial charge in [-0.1, -0.05) is 0 Å². The Bertz CT molecular complexity index is 835. The molecule has 6 heteroatoms. The summed E-state index contributed by atoms with van der Waals surface area (Å²) in [5, 5.41) is 12.5. The highest BCUT2D eigenvalue weighted by atomic mass is 16.5. The van der Waals surface area contributed by atoms with Crippen molar-refractivity contribution >= 4 is 5.82 Å². The van der Waals surface area contributed by atoms with Crippen molar-refractivity contribution < 1.29 is 4.74 Å². The number of hydrogen-bond donors (Lipinski definition) is 1. The Morgan fingerprint density at radius 3 is 2.67 bits per heavy atom. The van der Waals surface area contributed by atoms with Gasteiger partial charge in [-0.15, -0.1) is 0 Å². The molecule has 140 valence electrons. The van der Waals surface area contributed by atoms with Gasteiger partial charge in [-0.25, -0.2) is 15.0 Å². The van der Waals surface area contributed by atoms with Gasteiger partial charge in [-0.3, -0.25) is 0 Å². The molecule has 0 spiro atoms. The Labute approximate surface area is 160 Å². The number of aromatic nitrogens is 3. The SMILES string of the molecule is Cc1nc2c(c(NC3CCC(Oc4ccc(C#N)cn4)CC3)n1)CCCC2. The van der Waals surface area contributed by atoms with Gasteiger partial charge in [0.05, 0.1) is 5.56 Å². The number of rotatable bonds is 4. The monoisotopic (exact) mass is 363 g/mol. The van der Waals surface area contributed by atoms with E-state index in [0.29, 0.717) is 17.5 Å². The molecule has 0 aromatic carbocycles. The number of nitrogens with one attached hydrogen (secondary N) is 1. The Balaban J connectivity index is 1.34. The molecule has 0 bridgehead atoms. The lowest BCUT2D eigenvalue weighted by Crippen LogP contribution is -2.32. The van der Waals surface area contributed by atoms with Crippen LogP contribution in [0.2, 0.25) is 0 Å². The van der Waals surface area contributed by atoms with Gasteiger partial charge < -0.3 is 10.1 Å². The highest BCUT2D eigenvalue weighted by Gasteiger charge is 2.25. The van der Waals surface area contributed by atoms with E-state index in [-0.39, 0.29) is 6.10 Å². The van der Waals surface area contributed by atoms with Crippen LogP contribution in [0.3, 0.4) is 0 Å². The second-order valence-electron chi connectivity index (χ2n) is 7.48. The molecule has 1 saturated carbocycles. The minimum absolute atomic E-state index is 0.185. The number of nitriles is 1. The molecule has 1 N–H and O–H groups in total. The van der Waals surface area contributed by atoms with Gasteiger partial charge in [0.2, 0.25) is 5.88 Å². The fraction of sp³-hybridized carbons (Fsp3) is 0.524. The zero-order valence-corrected chi connectivity index (χ0v) is 15.7. The zero-order chi connectivity index (χ0) is 18.6. The van der Waals surface area contributed by atoms with E-state index in [0.717, 1.165) is 50.2 Å². The van der Waals surface area contributed by atoms with Crippen LogP contribution in [0.15, 0.2) is 18.3 Å². The molecule has 0 aliphatic heterocycles. The third-order valence-electron chi connectivity index (χ3n) is 5.46. The van der Waals surface area contributed by atoms with Gasteiger partial charge >= 0.3 is 0 Å². The Morgan fingerprint density at radius 2 is 1.93 bits per heavy atom. The molecule has 4 rings (SSSR count). The van der Waals surface area contributed by atoms with Crippen LogP contribution in [0.25, 0.3) is 0 Å². The molecular weight excluding hydrogens is 338 g/mol. The average molecular weight is 363 g/mol. The first kappa shape index (κ1) is 17.7. The molecule has 2 heterocycles. The number of fused-ring (bicyclic) bond motifs is 1. The van der Waals surface area contributed by atoms with Crippen molar-refractivity contribution in [3.8, 4) is 11.9 Å². The van der Waals surface area contributed by atoms with Crippen LogP contribution >= 0.6 is 0 Å². The van der Waals surface area contributed by atoms with Crippen molar-refractivity contribution in [2.24, 2.45) is 0 Å². The van der Waals surface area contributed by atoms with Crippen molar-refractivity contribution in [2.75, 3.05) is 5.32 Å². The van der Waals surface area contributed by atoms with Crippen molar-refractivity contribution in [3.63, 3.8) is 0 Å². The highest BCUT2D eigenvalue weighted by molar-refractivity contribution is 5.48. The molecule has 0 unspecified atom stereocenters. The molecule has 1 fully saturated rings. The number of hydrogen-bond acceptors (Lipinski definition) is 6. The summed E-state index contributed by atoms with van der Waals surface area (Å²) < 4.78 is 5.99. The van der Waals surface area contributed by atoms with E-state index >= 15 is 0 Å². The third-order valence-corrected chi connectivity index (χ3v) is 5.46. The Hall–Kier alpha value is -2.68. The summed E-state index contributed by atoms with van der Waals surface area (Å²) in [5.41, 5.74) is 3.12. The van der Waals surface area contributed by atoms with Gasteiger partial charge in [0.1, 0.15) is 23.8 Å². The van der Waals surface area contributed by atoms with Crippen molar-refractivity contribution in [1.82, 2.24) is 15.0 Å². The van der Waals surface area contributed by atoms with Crippen LogP contribution in [0, 0.1) is 18.3 Å². The zero-order valence-electron chi connectivity index (χ0n) is 15.7. The maximum absolute atomic E-state index is 8.84. The number of nitrogens with zero attached hydrogens (tertiary/aromatic N) is 4. The number of anilines is 1. The first-order valence-corrected chi connectivity index (χ1v) is 9.87. The maximum atomic E-state index is 8.84. The van der Waals surface area contributed by atoms with Crippen molar-refractivity contribution in [3.05, 3.63) is 41.0 Å². The molecule has 0 saturated heterocycles. The molecule has 6 nitrogen and oxygen atoms in total. The molecule has 0 atom stereocenters. The topological polar surface area (TPSA) is 83.7 Å². The van der Waals surface area contributed by atoms with Crippen LogP contribution in [-0.2, 0) is 12.8 Å². The van der Waals surface area contributed by atoms with E-state index in [2.05, 4.69) is 21.4 Å². The number of aryl methyl sites for hydroxylation is 2. The quantitative estimate of drug-likeness (QED) is 0.891. The van der Waals surface area contributed by atoms with Gasteiger partial charge in [-0.05, 0) is 64.4 Å². The molecule has 2 aliphatic rings. The summed E-state index contributed by atoms with van der Waals surface area (Å²) in [4.78, 5) is 13.5. The minimum Gasteiger partial charge on any atom is -0.474 e. The van der Waals surface area contributed by atoms with Crippen molar-refractivity contribution in [2.45, 2.75) is 70.4 Å². The van der Waals surface area contributed by atoms with Crippen molar-refractivity contribution in [1.29, 1.82) is 5.26 Å². The summed E-state index contributed by atoms with van der Waals surface area (Å²) in [6, 6.07) is 6.03. The predicted molar refractivity (Wildman–Crippen MR) is 103 cm³/mol. The van der Waals surface area contributed by atoms with Crippen LogP contribution in [-0.4, -0.2) is 27.1 Å². The largest absolute Gasteiger partial charge is 0.474 e. The first-order valence-electron chi connectivity index (χ1n) is 9.87. The molecule has 27 heavy (non-hydrogen) atoms. The lowest BCUT2D eigenvalue weighted by Gasteiger charge is -2.30. The highest BCUT2D eigenvalue weighted by Crippen LogP contribution is 2.29. The first-order chi connectivity index (χ1) is 13.2. The van der Waals surface area contributed by atoms with E-state index < -0.39 is 0 Å². The summed E-state index contributed by atoms with van der Waals surface area (Å²) in [7, 11) is 0. The third kappa shape index (κ3) is 4.19. The van der Waals surface area contributed by atoms with Crippen LogP contribution in [0.4, 0.5) is 5.82 Å². The predicted octanol–water partition coefficient (Wildman–Crippen LogP) is 3.73. The minimum atomic E-state index is 0.185. The van der Waals surface area contributed by atoms with Gasteiger partial charge in [0.15, 0.2) is 0 Å². The van der Waals surface area contributed by atoms with Crippen LogP contribution < -0.4 is 10.1 Å². The van der Waals surface area contributed by atoms with E-state index in [4.69, 9.17) is 15.0 Å². The summed E-state index contributed by atoms with van der Waals surface area (Å²) in [6.45, 7) is 1.98. The van der Waals surface area contributed by atoms with Crippen LogP contribution in [0.5, 0.6) is 5.88 Å². The number of ether oxygens (including phenoxy) is 1. The summed E-state index contributed by atoms with van der Waals surface area (Å²) in [6.07, 6.45) is 10.5. The van der Waals surface area contributed by atoms with E-state index in [1.165, 1.54) is 24.1 Å². The molecular formula is C21H25N5O. The lowest BCUT2D eigenvalue weighted by atomic mass is 9.92. The molecule has 2 aliphatic carbocycles. The van der Waals surface area contributed by atoms with Gasteiger partial charge in [0, 0.05) is 29.6 Å². The summed E-state index contributed by atoms with van der Waals surface area (Å²) in [5.74, 6) is 2.52. The molecule has 2 aromatic heterocycles. The Morgan fingerprint density at radius 1 is 1.11 bits per heavy atom. The summed E-state index contributed by atoms with van der Waals surface area (Å²) >= 11 is 0. The van der Waals surface area contributed by atoms with E-state index in [1.807, 2.05) is 6.92 Å². The van der Waals surface area contributed by atoms with E-state index in [1.54, 1.807) is 18.3 Å². The fourth-order valence-corrected chi connectivity index (χ4v) is 4.04. The Kier molecular flexibility index (Phi) is 5.19. The van der Waals surface area contributed by atoms with Gasteiger partial charge in [0.25, 0.3) is 0 Å². The van der Waals surface area contributed by atoms with Gasteiger partial charge in [-0.2, -0.15) is 5.26 Å².